The number of rotatable bonds is 6. The van der Waals surface area contributed by atoms with E-state index < -0.39 is 0 Å². The van der Waals surface area contributed by atoms with Gasteiger partial charge in [0.25, 0.3) is 0 Å². The molecule has 2 amide bonds. The lowest BCUT2D eigenvalue weighted by Crippen LogP contribution is -2.18. The van der Waals surface area contributed by atoms with Crippen molar-refractivity contribution in [2.24, 2.45) is 0 Å². The van der Waals surface area contributed by atoms with Gasteiger partial charge in [0.1, 0.15) is 0 Å². The fourth-order valence-electron chi connectivity index (χ4n) is 1.63. The van der Waals surface area contributed by atoms with Gasteiger partial charge in [-0.05, 0) is 30.3 Å². The highest BCUT2D eigenvalue weighted by Crippen LogP contribution is 2.16. The monoisotopic (exact) mass is 379 g/mol. The van der Waals surface area contributed by atoms with E-state index in [-0.39, 0.29) is 23.3 Å². The molecule has 0 aliphatic rings. The molecule has 0 unspecified atom stereocenters. The SMILES string of the molecule is O=C(CSCC(=O)Nc1cccc(Br)c1)Nc1ccncc1. The molecule has 0 aliphatic carbocycles. The first-order valence-electron chi connectivity index (χ1n) is 6.46. The third-order valence-electron chi connectivity index (χ3n) is 2.54. The van der Waals surface area contributed by atoms with E-state index in [9.17, 15) is 9.59 Å². The molecule has 0 saturated heterocycles. The van der Waals surface area contributed by atoms with Gasteiger partial charge in [-0.25, -0.2) is 0 Å². The maximum absolute atomic E-state index is 11.8. The number of benzene rings is 1. The molecular weight excluding hydrogens is 366 g/mol. The lowest BCUT2D eigenvalue weighted by atomic mass is 10.3. The smallest absolute Gasteiger partial charge is 0.234 e. The molecule has 0 aliphatic heterocycles. The number of pyridine rings is 1. The molecular formula is C15H14BrN3O2S. The first-order valence-corrected chi connectivity index (χ1v) is 8.41. The number of nitrogens with zero attached hydrogens (tertiary/aromatic N) is 1. The molecule has 22 heavy (non-hydrogen) atoms. The van der Waals surface area contributed by atoms with Gasteiger partial charge in [0.05, 0.1) is 11.5 Å². The van der Waals surface area contributed by atoms with Crippen molar-refractivity contribution in [1.29, 1.82) is 0 Å². The van der Waals surface area contributed by atoms with E-state index in [1.807, 2.05) is 24.3 Å². The summed E-state index contributed by atoms with van der Waals surface area (Å²) in [6.45, 7) is 0. The standard InChI is InChI=1S/C15H14BrN3O2S/c16-11-2-1-3-13(8-11)19-15(21)10-22-9-14(20)18-12-4-6-17-7-5-12/h1-8H,9-10H2,(H,19,21)(H,17,18,20). The average Bonchev–Trinajstić information content (AvgIpc) is 2.48. The molecule has 2 aromatic rings. The Kier molecular flexibility index (Phi) is 6.42. The number of thioether (sulfide) groups is 1. The van der Waals surface area contributed by atoms with Gasteiger partial charge >= 0.3 is 0 Å². The summed E-state index contributed by atoms with van der Waals surface area (Å²) in [7, 11) is 0. The Bertz CT molecular complexity index is 652. The molecule has 0 saturated carbocycles. The van der Waals surface area contributed by atoms with Crippen LogP contribution in [0.15, 0.2) is 53.3 Å². The van der Waals surface area contributed by atoms with E-state index in [1.165, 1.54) is 11.8 Å². The van der Waals surface area contributed by atoms with Gasteiger partial charge in [-0.2, -0.15) is 0 Å². The highest BCUT2D eigenvalue weighted by molar-refractivity contribution is 9.10. The summed E-state index contributed by atoms with van der Waals surface area (Å²) < 4.78 is 0.898. The zero-order valence-corrected chi connectivity index (χ0v) is 14.0. The fourth-order valence-corrected chi connectivity index (χ4v) is 2.65. The topological polar surface area (TPSA) is 71.1 Å². The number of carbonyl (C=O) groups excluding carboxylic acids is 2. The van der Waals surface area contributed by atoms with Crippen LogP contribution in [0, 0.1) is 0 Å². The van der Waals surface area contributed by atoms with Crippen LogP contribution < -0.4 is 10.6 Å². The van der Waals surface area contributed by atoms with Gasteiger partial charge in [0.15, 0.2) is 0 Å². The van der Waals surface area contributed by atoms with Crippen molar-refractivity contribution in [1.82, 2.24) is 4.98 Å². The second-order valence-electron chi connectivity index (χ2n) is 4.34. The van der Waals surface area contributed by atoms with Crippen molar-refractivity contribution >= 4 is 50.9 Å². The van der Waals surface area contributed by atoms with Crippen LogP contribution in [-0.4, -0.2) is 28.3 Å². The molecule has 114 valence electrons. The number of nitrogens with one attached hydrogen (secondary N) is 2. The minimum Gasteiger partial charge on any atom is -0.325 e. The summed E-state index contributed by atoms with van der Waals surface area (Å²) in [5.41, 5.74) is 1.42. The largest absolute Gasteiger partial charge is 0.325 e. The van der Waals surface area contributed by atoms with E-state index in [4.69, 9.17) is 0 Å². The third kappa shape index (κ3) is 5.87. The van der Waals surface area contributed by atoms with Gasteiger partial charge < -0.3 is 10.6 Å². The number of anilines is 2. The van der Waals surface area contributed by atoms with Crippen LogP contribution in [0.1, 0.15) is 0 Å². The maximum Gasteiger partial charge on any atom is 0.234 e. The van der Waals surface area contributed by atoms with Gasteiger partial charge in [-0.1, -0.05) is 22.0 Å². The molecule has 2 rings (SSSR count). The zero-order chi connectivity index (χ0) is 15.8. The van der Waals surface area contributed by atoms with Crippen molar-refractivity contribution < 1.29 is 9.59 Å². The minimum atomic E-state index is -0.147. The summed E-state index contributed by atoms with van der Waals surface area (Å²) in [6, 6.07) is 10.8. The molecule has 5 nitrogen and oxygen atoms in total. The minimum absolute atomic E-state index is 0.139. The Morgan fingerprint density at radius 3 is 2.27 bits per heavy atom. The average molecular weight is 380 g/mol. The van der Waals surface area contributed by atoms with Crippen LogP contribution in [0.3, 0.4) is 0 Å². The van der Waals surface area contributed by atoms with Crippen LogP contribution in [0.4, 0.5) is 11.4 Å². The predicted octanol–water partition coefficient (Wildman–Crippen LogP) is 3.15. The molecule has 0 bridgehead atoms. The van der Waals surface area contributed by atoms with Crippen molar-refractivity contribution in [2.45, 2.75) is 0 Å². The van der Waals surface area contributed by atoms with Crippen LogP contribution in [0.25, 0.3) is 0 Å². The Labute approximate surface area is 141 Å². The molecule has 7 heteroatoms. The van der Waals surface area contributed by atoms with E-state index in [0.717, 1.165) is 10.2 Å². The van der Waals surface area contributed by atoms with E-state index >= 15 is 0 Å². The van der Waals surface area contributed by atoms with Crippen molar-refractivity contribution in [3.63, 3.8) is 0 Å². The highest BCUT2D eigenvalue weighted by Gasteiger charge is 2.06. The van der Waals surface area contributed by atoms with Crippen LogP contribution in [0.2, 0.25) is 0 Å². The number of aromatic nitrogens is 1. The first-order chi connectivity index (χ1) is 10.6. The van der Waals surface area contributed by atoms with E-state index in [0.29, 0.717) is 5.69 Å². The molecule has 0 spiro atoms. The molecule has 1 heterocycles. The number of halogens is 1. The van der Waals surface area contributed by atoms with Crippen LogP contribution in [0.5, 0.6) is 0 Å². The van der Waals surface area contributed by atoms with Crippen molar-refractivity contribution in [2.75, 3.05) is 22.1 Å². The lowest BCUT2D eigenvalue weighted by molar-refractivity contribution is -0.114. The Morgan fingerprint density at radius 1 is 1.00 bits per heavy atom. The van der Waals surface area contributed by atoms with Crippen LogP contribution >= 0.6 is 27.7 Å². The molecule has 0 atom stereocenters. The summed E-state index contributed by atoms with van der Waals surface area (Å²) in [5, 5.41) is 5.51. The van der Waals surface area contributed by atoms with Crippen molar-refractivity contribution in [3.05, 3.63) is 53.3 Å². The quantitative estimate of drug-likeness (QED) is 0.808. The Morgan fingerprint density at radius 2 is 1.64 bits per heavy atom. The number of hydrogen-bond acceptors (Lipinski definition) is 4. The number of amides is 2. The lowest BCUT2D eigenvalue weighted by Gasteiger charge is -2.06. The number of carbonyl (C=O) groups is 2. The highest BCUT2D eigenvalue weighted by atomic mass is 79.9. The van der Waals surface area contributed by atoms with Gasteiger partial charge in [0, 0.05) is 28.2 Å². The van der Waals surface area contributed by atoms with Crippen molar-refractivity contribution in [3.8, 4) is 0 Å². The third-order valence-corrected chi connectivity index (χ3v) is 3.96. The summed E-state index contributed by atoms with van der Waals surface area (Å²) in [5.74, 6) is 0.149. The summed E-state index contributed by atoms with van der Waals surface area (Å²) in [4.78, 5) is 27.4. The molecule has 0 fully saturated rings. The number of hydrogen-bond donors (Lipinski definition) is 2. The molecule has 0 radical (unpaired) electrons. The van der Waals surface area contributed by atoms with Gasteiger partial charge in [-0.3, -0.25) is 14.6 Å². The Balaban J connectivity index is 1.69. The maximum atomic E-state index is 11.8. The summed E-state index contributed by atoms with van der Waals surface area (Å²) >= 11 is 4.60. The van der Waals surface area contributed by atoms with E-state index in [2.05, 4.69) is 31.5 Å². The van der Waals surface area contributed by atoms with Gasteiger partial charge in [0.2, 0.25) is 11.8 Å². The first kappa shape index (κ1) is 16.5. The summed E-state index contributed by atoms with van der Waals surface area (Å²) in [6.07, 6.45) is 3.21. The zero-order valence-electron chi connectivity index (χ0n) is 11.6. The molecule has 2 N–H and O–H groups in total. The second-order valence-corrected chi connectivity index (χ2v) is 6.24. The predicted molar refractivity (Wildman–Crippen MR) is 93.0 cm³/mol. The molecule has 1 aromatic carbocycles. The normalized spacial score (nSPS) is 10.0. The molecule has 1 aromatic heterocycles. The van der Waals surface area contributed by atoms with Crippen LogP contribution in [-0.2, 0) is 9.59 Å². The second kappa shape index (κ2) is 8.55. The Hall–Kier alpha value is -1.86. The fraction of sp³-hybridized carbons (Fsp3) is 0.133. The van der Waals surface area contributed by atoms with Gasteiger partial charge in [-0.15, -0.1) is 11.8 Å². The van der Waals surface area contributed by atoms with E-state index in [1.54, 1.807) is 24.5 Å².